The predicted octanol–water partition coefficient (Wildman–Crippen LogP) is 3.84. The number of rotatable bonds is 4. The van der Waals surface area contributed by atoms with E-state index in [2.05, 4.69) is 25.6 Å². The summed E-state index contributed by atoms with van der Waals surface area (Å²) in [6.45, 7) is 3.75. The van der Waals surface area contributed by atoms with Gasteiger partial charge in [-0.15, -0.1) is 5.10 Å². The number of fused-ring (bicyclic) bond motifs is 1. The number of nitrogens with zero attached hydrogens (tertiary/aromatic N) is 4. The third-order valence-corrected chi connectivity index (χ3v) is 5.34. The van der Waals surface area contributed by atoms with Crippen LogP contribution in [-0.2, 0) is 0 Å². The maximum atomic E-state index is 13.6. The summed E-state index contributed by atoms with van der Waals surface area (Å²) in [6.07, 6.45) is 3.35. The van der Waals surface area contributed by atoms with Crippen LogP contribution in [0, 0.1) is 12.7 Å². The van der Waals surface area contributed by atoms with E-state index < -0.39 is 5.82 Å². The second kappa shape index (κ2) is 6.75. The fourth-order valence-electron chi connectivity index (χ4n) is 2.74. The highest BCUT2D eigenvalue weighted by Crippen LogP contribution is 2.27. The van der Waals surface area contributed by atoms with E-state index in [0.29, 0.717) is 21.6 Å². The number of halogens is 2. The Morgan fingerprint density at radius 3 is 2.89 bits per heavy atom. The van der Waals surface area contributed by atoms with Crippen LogP contribution in [0.4, 0.5) is 9.52 Å². The van der Waals surface area contributed by atoms with Gasteiger partial charge in [-0.1, -0.05) is 28.2 Å². The van der Waals surface area contributed by atoms with Gasteiger partial charge in [-0.05, 0) is 32.0 Å². The number of anilines is 1. The fourth-order valence-corrected chi connectivity index (χ4v) is 3.82. The summed E-state index contributed by atoms with van der Waals surface area (Å²) in [7, 11) is 0. The molecule has 3 heterocycles. The molecule has 0 radical (unpaired) electrons. The van der Waals surface area contributed by atoms with E-state index in [-0.39, 0.29) is 16.6 Å². The molecule has 0 bridgehead atoms. The number of hydrogen-bond donors (Lipinski definition) is 2. The van der Waals surface area contributed by atoms with E-state index in [0.717, 1.165) is 10.7 Å². The molecule has 0 aliphatic heterocycles. The minimum atomic E-state index is -0.572. The number of pyridine rings is 1. The molecule has 138 valence electrons. The average Bonchev–Trinajstić information content (AvgIpc) is 3.24. The molecule has 0 aliphatic carbocycles. The summed E-state index contributed by atoms with van der Waals surface area (Å²) in [5, 5.41) is 13.2. The molecule has 0 aliphatic rings. The Morgan fingerprint density at radius 1 is 1.33 bits per heavy atom. The third-order valence-electron chi connectivity index (χ3n) is 4.14. The van der Waals surface area contributed by atoms with Crippen molar-refractivity contribution in [2.24, 2.45) is 0 Å². The second-order valence-corrected chi connectivity index (χ2v) is 7.48. The van der Waals surface area contributed by atoms with Gasteiger partial charge in [-0.3, -0.25) is 4.79 Å². The number of aromatic amines is 1. The molecule has 0 fully saturated rings. The minimum absolute atomic E-state index is 0.00822. The van der Waals surface area contributed by atoms with E-state index in [1.165, 1.54) is 23.5 Å². The lowest BCUT2D eigenvalue weighted by Crippen LogP contribution is -2.19. The van der Waals surface area contributed by atoms with Crippen LogP contribution in [0.5, 0.6) is 0 Å². The van der Waals surface area contributed by atoms with Gasteiger partial charge in [0, 0.05) is 10.9 Å². The Hall–Kier alpha value is -2.78. The zero-order valence-corrected chi connectivity index (χ0v) is 15.9. The minimum Gasteiger partial charge on any atom is -0.355 e. The van der Waals surface area contributed by atoms with Crippen LogP contribution < -0.4 is 10.9 Å². The molecular weight excluding hydrogens is 391 g/mol. The van der Waals surface area contributed by atoms with Crippen molar-refractivity contribution in [3.05, 3.63) is 63.0 Å². The molecule has 1 aromatic carbocycles. The fraction of sp³-hybridized carbons (Fsp3) is 0.176. The van der Waals surface area contributed by atoms with Crippen LogP contribution in [0.15, 0.2) is 35.4 Å². The average molecular weight is 405 g/mol. The van der Waals surface area contributed by atoms with Gasteiger partial charge in [-0.25, -0.2) is 14.1 Å². The lowest BCUT2D eigenvalue weighted by molar-refractivity contribution is 0.629. The molecule has 0 spiro atoms. The van der Waals surface area contributed by atoms with Gasteiger partial charge in [0.05, 0.1) is 34.7 Å². The Kier molecular flexibility index (Phi) is 4.40. The summed E-state index contributed by atoms with van der Waals surface area (Å²) in [4.78, 5) is 19.4. The molecule has 4 aromatic rings. The number of nitrogens with one attached hydrogen (secondary N) is 2. The number of aromatic nitrogens is 5. The maximum absolute atomic E-state index is 13.6. The van der Waals surface area contributed by atoms with Gasteiger partial charge < -0.3 is 10.3 Å². The summed E-state index contributed by atoms with van der Waals surface area (Å²) >= 11 is 7.25. The standard InChI is InChI=1S/C17H14ClFN6OS/c1-8-6-21-24-25(8)15-7-20-17(27-15)22-9(2)11-3-10-4-12(18)13(19)5-14(10)23-16(11)26/h3-7,9H,1-2H3,(H,20,22)(H,23,26)/t9-/m0/s1. The lowest BCUT2D eigenvalue weighted by Gasteiger charge is -2.13. The van der Waals surface area contributed by atoms with Crippen molar-refractivity contribution in [1.82, 2.24) is 25.0 Å². The summed E-state index contributed by atoms with van der Waals surface area (Å²) in [5.74, 6) is -0.572. The Labute approximate surface area is 161 Å². The number of hydrogen-bond acceptors (Lipinski definition) is 6. The van der Waals surface area contributed by atoms with Crippen molar-refractivity contribution in [2.75, 3.05) is 5.32 Å². The molecule has 7 nitrogen and oxygen atoms in total. The molecule has 1 atom stereocenters. The number of benzene rings is 1. The quantitative estimate of drug-likeness (QED) is 0.539. The molecule has 10 heteroatoms. The number of thiazole rings is 1. The van der Waals surface area contributed by atoms with Crippen molar-refractivity contribution >= 4 is 39.0 Å². The molecule has 3 aromatic heterocycles. The van der Waals surface area contributed by atoms with Crippen LogP contribution in [0.2, 0.25) is 5.02 Å². The SMILES string of the molecule is Cc1cnnn1-c1cnc(N[C@@H](C)c2cc3cc(Cl)c(F)cc3[nH]c2=O)s1. The van der Waals surface area contributed by atoms with Crippen molar-refractivity contribution in [2.45, 2.75) is 19.9 Å². The van der Waals surface area contributed by atoms with E-state index in [1.807, 2.05) is 13.8 Å². The van der Waals surface area contributed by atoms with Gasteiger partial charge in [0.15, 0.2) is 5.13 Å². The lowest BCUT2D eigenvalue weighted by atomic mass is 10.1. The van der Waals surface area contributed by atoms with Gasteiger partial charge in [0.2, 0.25) is 0 Å². The highest BCUT2D eigenvalue weighted by Gasteiger charge is 2.15. The van der Waals surface area contributed by atoms with E-state index in [4.69, 9.17) is 11.6 Å². The van der Waals surface area contributed by atoms with Gasteiger partial charge in [0.1, 0.15) is 10.8 Å². The van der Waals surface area contributed by atoms with E-state index >= 15 is 0 Å². The number of aryl methyl sites for hydroxylation is 1. The van der Waals surface area contributed by atoms with Gasteiger partial charge in [0.25, 0.3) is 5.56 Å². The molecule has 27 heavy (non-hydrogen) atoms. The zero-order chi connectivity index (χ0) is 19.1. The Morgan fingerprint density at radius 2 is 2.15 bits per heavy atom. The summed E-state index contributed by atoms with van der Waals surface area (Å²) in [6, 6.07) is 4.09. The van der Waals surface area contributed by atoms with Crippen LogP contribution in [0.1, 0.15) is 24.2 Å². The van der Waals surface area contributed by atoms with Gasteiger partial charge >= 0.3 is 0 Å². The number of H-pyrrole nitrogens is 1. The Bertz CT molecular complexity index is 1200. The normalized spacial score (nSPS) is 12.4. The first kappa shape index (κ1) is 17.6. The van der Waals surface area contributed by atoms with Crippen LogP contribution in [0.3, 0.4) is 0 Å². The smallest absolute Gasteiger partial charge is 0.253 e. The maximum Gasteiger partial charge on any atom is 0.253 e. The first-order valence-corrected chi connectivity index (χ1v) is 9.24. The first-order chi connectivity index (χ1) is 12.9. The molecule has 0 saturated heterocycles. The van der Waals surface area contributed by atoms with Crippen LogP contribution in [0.25, 0.3) is 15.9 Å². The van der Waals surface area contributed by atoms with Crippen molar-refractivity contribution in [1.29, 1.82) is 0 Å². The highest BCUT2D eigenvalue weighted by atomic mass is 35.5. The summed E-state index contributed by atoms with van der Waals surface area (Å²) < 4.78 is 15.3. The predicted molar refractivity (Wildman–Crippen MR) is 103 cm³/mol. The topological polar surface area (TPSA) is 88.5 Å². The molecule has 0 amide bonds. The van der Waals surface area contributed by atoms with Crippen LogP contribution >= 0.6 is 22.9 Å². The second-order valence-electron chi connectivity index (χ2n) is 6.06. The monoisotopic (exact) mass is 404 g/mol. The van der Waals surface area contributed by atoms with E-state index in [9.17, 15) is 9.18 Å². The Balaban J connectivity index is 1.63. The molecule has 4 rings (SSSR count). The van der Waals surface area contributed by atoms with Crippen molar-refractivity contribution in [3.8, 4) is 5.00 Å². The first-order valence-electron chi connectivity index (χ1n) is 8.04. The van der Waals surface area contributed by atoms with E-state index in [1.54, 1.807) is 23.1 Å². The third kappa shape index (κ3) is 3.31. The molecule has 0 saturated carbocycles. The zero-order valence-electron chi connectivity index (χ0n) is 14.3. The van der Waals surface area contributed by atoms with Crippen LogP contribution in [-0.4, -0.2) is 25.0 Å². The molecular formula is C17H14ClFN6OS. The highest BCUT2D eigenvalue weighted by molar-refractivity contribution is 7.17. The summed E-state index contributed by atoms with van der Waals surface area (Å²) in [5.41, 5.74) is 1.50. The largest absolute Gasteiger partial charge is 0.355 e. The molecule has 2 N–H and O–H groups in total. The van der Waals surface area contributed by atoms with Crippen molar-refractivity contribution < 1.29 is 4.39 Å². The van der Waals surface area contributed by atoms with Gasteiger partial charge in [-0.2, -0.15) is 0 Å². The molecule has 0 unspecified atom stereocenters. The van der Waals surface area contributed by atoms with Crippen molar-refractivity contribution in [3.63, 3.8) is 0 Å².